The molecule has 0 bridgehead atoms. The Morgan fingerprint density at radius 2 is 1.60 bits per heavy atom. The summed E-state index contributed by atoms with van der Waals surface area (Å²) in [5, 5.41) is 2.43. The Balaban J connectivity index is 1.67. The minimum Gasteiger partial charge on any atom is -0.454 e. The smallest absolute Gasteiger partial charge is 0.331 e. The van der Waals surface area contributed by atoms with E-state index in [-0.39, 0.29) is 12.1 Å². The third-order valence-corrected chi connectivity index (χ3v) is 4.78. The largest absolute Gasteiger partial charge is 0.454 e. The maximum atomic E-state index is 11.6. The summed E-state index contributed by atoms with van der Waals surface area (Å²) in [6, 6.07) is 23.3. The van der Waals surface area contributed by atoms with Crippen LogP contribution in [0, 0.1) is 0 Å². The molecule has 0 amide bonds. The van der Waals surface area contributed by atoms with Crippen molar-refractivity contribution in [1.82, 2.24) is 0 Å². The summed E-state index contributed by atoms with van der Waals surface area (Å²) in [6.45, 7) is 0. The number of ether oxygens (including phenoxy) is 1. The Morgan fingerprint density at radius 1 is 0.840 bits per heavy atom. The lowest BCUT2D eigenvalue weighted by Gasteiger charge is -2.21. The van der Waals surface area contributed by atoms with Gasteiger partial charge in [-0.3, -0.25) is 0 Å². The molecule has 0 aliphatic carbocycles. The van der Waals surface area contributed by atoms with Crippen molar-refractivity contribution in [3.8, 4) is 0 Å². The molecule has 3 aromatic carbocycles. The molecule has 0 saturated carbocycles. The number of aryl methyl sites for hydroxylation is 2. The van der Waals surface area contributed by atoms with Crippen LogP contribution in [0.3, 0.4) is 0 Å². The van der Waals surface area contributed by atoms with Gasteiger partial charge in [-0.05, 0) is 34.7 Å². The van der Waals surface area contributed by atoms with Crippen molar-refractivity contribution >= 4 is 16.7 Å². The highest BCUT2D eigenvalue weighted by Gasteiger charge is 2.20. The molecule has 2 nitrogen and oxygen atoms in total. The number of benzene rings is 3. The molecular weight excluding hydrogens is 308 g/mol. The van der Waals surface area contributed by atoms with Gasteiger partial charge in [-0.25, -0.2) is 4.79 Å². The highest BCUT2D eigenvalue weighted by Crippen LogP contribution is 2.33. The van der Waals surface area contributed by atoms with Gasteiger partial charge in [0.1, 0.15) is 6.10 Å². The third kappa shape index (κ3) is 3.34. The molecule has 0 radical (unpaired) electrons. The summed E-state index contributed by atoms with van der Waals surface area (Å²) in [7, 11) is 0. The first-order valence-electron chi connectivity index (χ1n) is 8.73. The lowest BCUT2D eigenvalue weighted by atomic mass is 9.92. The van der Waals surface area contributed by atoms with E-state index in [1.54, 1.807) is 0 Å². The summed E-state index contributed by atoms with van der Waals surface area (Å²) >= 11 is 0. The molecule has 0 saturated heterocycles. The van der Waals surface area contributed by atoms with Gasteiger partial charge in [-0.1, -0.05) is 72.8 Å². The van der Waals surface area contributed by atoms with E-state index in [9.17, 15) is 4.79 Å². The average molecular weight is 328 g/mol. The minimum atomic E-state index is -0.256. The second kappa shape index (κ2) is 6.94. The monoisotopic (exact) mass is 328 g/mol. The number of cyclic esters (lactones) is 1. The Hall–Kier alpha value is -2.87. The predicted octanol–water partition coefficient (Wildman–Crippen LogP) is 5.17. The Labute approximate surface area is 147 Å². The van der Waals surface area contributed by atoms with Crippen LogP contribution < -0.4 is 0 Å². The van der Waals surface area contributed by atoms with Crippen LogP contribution in [0.25, 0.3) is 10.8 Å². The molecule has 0 spiro atoms. The van der Waals surface area contributed by atoms with Crippen LogP contribution in [0.2, 0.25) is 0 Å². The molecule has 0 aromatic heterocycles. The van der Waals surface area contributed by atoms with E-state index in [2.05, 4.69) is 54.6 Å². The molecule has 0 fully saturated rings. The number of fused-ring (bicyclic) bond motifs is 1. The number of esters is 1. The molecule has 1 atom stereocenters. The van der Waals surface area contributed by atoms with Crippen LogP contribution in [0.5, 0.6) is 0 Å². The normalized spacial score (nSPS) is 16.8. The van der Waals surface area contributed by atoms with Gasteiger partial charge in [0.05, 0.1) is 0 Å². The average Bonchev–Trinajstić information content (AvgIpc) is 2.67. The number of rotatable bonds is 4. The molecule has 3 aromatic rings. The fourth-order valence-electron chi connectivity index (χ4n) is 3.51. The zero-order valence-electron chi connectivity index (χ0n) is 14.0. The number of hydrogen-bond donors (Lipinski definition) is 0. The van der Waals surface area contributed by atoms with E-state index in [0.717, 1.165) is 24.8 Å². The van der Waals surface area contributed by atoms with Crippen molar-refractivity contribution < 1.29 is 9.53 Å². The Morgan fingerprint density at radius 3 is 2.40 bits per heavy atom. The van der Waals surface area contributed by atoms with Crippen molar-refractivity contribution in [3.63, 3.8) is 0 Å². The molecule has 1 aliphatic rings. The number of carbonyl (C=O) groups is 1. The summed E-state index contributed by atoms with van der Waals surface area (Å²) in [4.78, 5) is 11.6. The molecular formula is C23H20O2. The van der Waals surface area contributed by atoms with Gasteiger partial charge in [-0.2, -0.15) is 0 Å². The molecule has 2 heteroatoms. The van der Waals surface area contributed by atoms with Crippen LogP contribution in [0.15, 0.2) is 78.9 Å². The van der Waals surface area contributed by atoms with Crippen LogP contribution in [0.4, 0.5) is 0 Å². The molecule has 0 N–H and O–H groups in total. The maximum Gasteiger partial charge on any atom is 0.331 e. The van der Waals surface area contributed by atoms with Gasteiger partial charge >= 0.3 is 5.97 Å². The molecule has 124 valence electrons. The first-order valence-corrected chi connectivity index (χ1v) is 8.73. The SMILES string of the molecule is O=C1C=CCC(c2ccc(CCc3ccccc3)c3ccccc23)O1. The minimum absolute atomic E-state index is 0.189. The van der Waals surface area contributed by atoms with Crippen molar-refractivity contribution in [2.75, 3.05) is 0 Å². The fraction of sp³-hybridized carbons (Fsp3) is 0.174. The third-order valence-electron chi connectivity index (χ3n) is 4.78. The van der Waals surface area contributed by atoms with Gasteiger partial charge in [0.15, 0.2) is 0 Å². The molecule has 1 aliphatic heterocycles. The zero-order valence-corrected chi connectivity index (χ0v) is 14.0. The standard InChI is InChI=1S/C23H20O2/c24-23-12-6-11-22(25-23)21-16-15-18(19-9-4-5-10-20(19)21)14-13-17-7-2-1-3-8-17/h1-10,12,15-16,22H,11,13-14H2. The maximum absolute atomic E-state index is 11.6. The first-order chi connectivity index (χ1) is 12.3. The number of carbonyl (C=O) groups excluding carboxylic acids is 1. The lowest BCUT2D eigenvalue weighted by molar-refractivity contribution is -0.144. The molecule has 4 rings (SSSR count). The second-order valence-corrected chi connectivity index (χ2v) is 6.41. The van der Waals surface area contributed by atoms with Crippen LogP contribution in [-0.4, -0.2) is 5.97 Å². The van der Waals surface area contributed by atoms with Gasteiger partial charge in [0, 0.05) is 18.1 Å². The summed E-state index contributed by atoms with van der Waals surface area (Å²) < 4.78 is 5.52. The molecule has 25 heavy (non-hydrogen) atoms. The number of hydrogen-bond acceptors (Lipinski definition) is 2. The van der Waals surface area contributed by atoms with E-state index >= 15 is 0 Å². The van der Waals surface area contributed by atoms with Gasteiger partial charge < -0.3 is 4.74 Å². The summed E-state index contributed by atoms with van der Waals surface area (Å²) in [5.74, 6) is -0.256. The van der Waals surface area contributed by atoms with E-state index in [0.29, 0.717) is 0 Å². The molecule has 1 unspecified atom stereocenters. The highest BCUT2D eigenvalue weighted by atomic mass is 16.5. The second-order valence-electron chi connectivity index (χ2n) is 6.41. The lowest BCUT2D eigenvalue weighted by Crippen LogP contribution is -2.13. The quantitative estimate of drug-likeness (QED) is 0.618. The Kier molecular flexibility index (Phi) is 4.34. The van der Waals surface area contributed by atoms with Gasteiger partial charge in [0.25, 0.3) is 0 Å². The van der Waals surface area contributed by atoms with Crippen molar-refractivity contribution in [3.05, 3.63) is 95.6 Å². The molecule has 1 heterocycles. The van der Waals surface area contributed by atoms with Crippen LogP contribution in [-0.2, 0) is 22.4 Å². The topological polar surface area (TPSA) is 26.3 Å². The van der Waals surface area contributed by atoms with E-state index < -0.39 is 0 Å². The van der Waals surface area contributed by atoms with Crippen molar-refractivity contribution in [1.29, 1.82) is 0 Å². The van der Waals surface area contributed by atoms with E-state index in [1.807, 2.05) is 18.2 Å². The van der Waals surface area contributed by atoms with E-state index in [4.69, 9.17) is 4.74 Å². The van der Waals surface area contributed by atoms with Crippen LogP contribution >= 0.6 is 0 Å². The fourth-order valence-corrected chi connectivity index (χ4v) is 3.51. The zero-order chi connectivity index (χ0) is 17.1. The first kappa shape index (κ1) is 15.6. The highest BCUT2D eigenvalue weighted by molar-refractivity contribution is 5.90. The van der Waals surface area contributed by atoms with Crippen molar-refractivity contribution in [2.45, 2.75) is 25.4 Å². The van der Waals surface area contributed by atoms with Gasteiger partial charge in [-0.15, -0.1) is 0 Å². The van der Waals surface area contributed by atoms with Crippen molar-refractivity contribution in [2.24, 2.45) is 0 Å². The van der Waals surface area contributed by atoms with Gasteiger partial charge in [0.2, 0.25) is 0 Å². The summed E-state index contributed by atoms with van der Waals surface area (Å²) in [6.07, 6.45) is 5.96. The predicted molar refractivity (Wildman–Crippen MR) is 100 cm³/mol. The van der Waals surface area contributed by atoms with Crippen LogP contribution in [0.1, 0.15) is 29.2 Å². The summed E-state index contributed by atoms with van der Waals surface area (Å²) in [5.41, 5.74) is 3.78. The van der Waals surface area contributed by atoms with E-state index in [1.165, 1.54) is 28.0 Å². The Bertz CT molecular complexity index is 925.